The maximum atomic E-state index is 12.7. The highest BCUT2D eigenvalue weighted by atomic mass is 32.2. The number of nitrogens with zero attached hydrogens (tertiary/aromatic N) is 6. The molecule has 152 valence electrons. The number of aromatic nitrogens is 4. The van der Waals surface area contributed by atoms with Gasteiger partial charge in [-0.05, 0) is 32.0 Å². The smallest absolute Gasteiger partial charge is 0.253 e. The van der Waals surface area contributed by atoms with Gasteiger partial charge in [0.2, 0.25) is 11.1 Å². The number of carbonyl (C=O) groups is 1. The second-order valence-corrected chi connectivity index (χ2v) is 7.92. The Labute approximate surface area is 173 Å². The van der Waals surface area contributed by atoms with E-state index in [1.54, 1.807) is 11.6 Å². The summed E-state index contributed by atoms with van der Waals surface area (Å²) in [6, 6.07) is 9.95. The summed E-state index contributed by atoms with van der Waals surface area (Å²) < 4.78 is 7.17. The fraction of sp³-hybridized carbons (Fsp3) is 0.400. The molecule has 8 nitrogen and oxygen atoms in total. The number of fused-ring (bicyclic) bond motifs is 1. The molecule has 0 unspecified atom stereocenters. The summed E-state index contributed by atoms with van der Waals surface area (Å²) in [5.74, 6) is 1.86. The van der Waals surface area contributed by atoms with Crippen LogP contribution in [0.2, 0.25) is 0 Å². The van der Waals surface area contributed by atoms with E-state index in [4.69, 9.17) is 4.74 Å². The Bertz CT molecular complexity index is 1030. The van der Waals surface area contributed by atoms with E-state index in [0.717, 1.165) is 35.9 Å². The van der Waals surface area contributed by atoms with E-state index >= 15 is 0 Å². The molecule has 9 heteroatoms. The number of piperazine rings is 1. The molecule has 0 spiro atoms. The van der Waals surface area contributed by atoms with E-state index in [1.807, 2.05) is 43.0 Å². The van der Waals surface area contributed by atoms with Crippen LogP contribution < -0.4 is 9.64 Å². The third kappa shape index (κ3) is 4.14. The normalized spacial score (nSPS) is 14.4. The van der Waals surface area contributed by atoms with Crippen molar-refractivity contribution < 1.29 is 9.53 Å². The molecule has 3 aromatic rings. The molecule has 1 amide bonds. The van der Waals surface area contributed by atoms with Crippen LogP contribution >= 0.6 is 11.8 Å². The fourth-order valence-electron chi connectivity index (χ4n) is 3.51. The first kappa shape index (κ1) is 19.5. The number of benzene rings is 1. The quantitative estimate of drug-likeness (QED) is 0.595. The highest BCUT2D eigenvalue weighted by molar-refractivity contribution is 7.99. The third-order valence-electron chi connectivity index (χ3n) is 4.98. The third-order valence-corrected chi connectivity index (χ3v) is 5.80. The van der Waals surface area contributed by atoms with Crippen LogP contribution in [0.4, 0.5) is 5.69 Å². The van der Waals surface area contributed by atoms with E-state index in [2.05, 4.69) is 26.0 Å². The molecule has 4 rings (SSSR count). The Kier molecular flexibility index (Phi) is 5.57. The number of carbonyl (C=O) groups excluding carboxylic acids is 1. The molecule has 0 radical (unpaired) electrons. The number of hydrogen-bond donors (Lipinski definition) is 0. The van der Waals surface area contributed by atoms with Crippen LogP contribution in [0.25, 0.3) is 5.78 Å². The molecule has 0 N–H and O–H groups in total. The average molecular weight is 413 g/mol. The molecule has 1 aliphatic rings. The van der Waals surface area contributed by atoms with Crippen molar-refractivity contribution in [2.45, 2.75) is 19.0 Å². The van der Waals surface area contributed by atoms with Gasteiger partial charge in [-0.3, -0.25) is 4.79 Å². The Hall–Kier alpha value is -2.81. The standard InChI is InChI=1S/C20H24N6O2S/c1-14-12-15(2)26-19(21-14)22-20(23-26)29-13-18(27)25-10-8-24(9-11-25)16-6-4-5-7-17(16)28-3/h4-7,12H,8-11,13H2,1-3H3. The van der Waals surface area contributed by atoms with Gasteiger partial charge < -0.3 is 14.5 Å². The molecule has 1 aromatic carbocycles. The van der Waals surface area contributed by atoms with Gasteiger partial charge in [0.1, 0.15) is 5.75 Å². The van der Waals surface area contributed by atoms with Crippen LogP contribution in [-0.4, -0.2) is 69.4 Å². The second kappa shape index (κ2) is 8.28. The maximum Gasteiger partial charge on any atom is 0.253 e. The summed E-state index contributed by atoms with van der Waals surface area (Å²) in [5, 5.41) is 5.03. The monoisotopic (exact) mass is 412 g/mol. The SMILES string of the molecule is COc1ccccc1N1CCN(C(=O)CSc2nc3nc(C)cc(C)n3n2)CC1. The molecule has 3 heterocycles. The fourth-order valence-corrected chi connectivity index (χ4v) is 4.24. The molecule has 1 aliphatic heterocycles. The molecule has 0 aliphatic carbocycles. The van der Waals surface area contributed by atoms with Crippen molar-refractivity contribution in [2.24, 2.45) is 0 Å². The van der Waals surface area contributed by atoms with Crippen LogP contribution in [-0.2, 0) is 4.79 Å². The van der Waals surface area contributed by atoms with Gasteiger partial charge in [0, 0.05) is 37.6 Å². The van der Waals surface area contributed by atoms with Gasteiger partial charge >= 0.3 is 0 Å². The highest BCUT2D eigenvalue weighted by Crippen LogP contribution is 2.28. The van der Waals surface area contributed by atoms with Crippen LogP contribution in [0, 0.1) is 13.8 Å². The molecule has 0 bridgehead atoms. The predicted molar refractivity (Wildman–Crippen MR) is 113 cm³/mol. The summed E-state index contributed by atoms with van der Waals surface area (Å²) >= 11 is 1.36. The van der Waals surface area contributed by atoms with Crippen molar-refractivity contribution in [1.29, 1.82) is 0 Å². The Morgan fingerprint density at radius 2 is 1.90 bits per heavy atom. The van der Waals surface area contributed by atoms with Gasteiger partial charge in [-0.1, -0.05) is 23.9 Å². The van der Waals surface area contributed by atoms with Crippen molar-refractivity contribution >= 4 is 29.1 Å². The largest absolute Gasteiger partial charge is 0.495 e. The van der Waals surface area contributed by atoms with Crippen molar-refractivity contribution in [1.82, 2.24) is 24.5 Å². The van der Waals surface area contributed by atoms with Gasteiger partial charge in [-0.15, -0.1) is 5.10 Å². The van der Waals surface area contributed by atoms with Crippen LogP contribution in [0.3, 0.4) is 0 Å². The van der Waals surface area contributed by atoms with Gasteiger partial charge in [0.25, 0.3) is 5.78 Å². The first-order valence-electron chi connectivity index (χ1n) is 9.54. The van der Waals surface area contributed by atoms with E-state index < -0.39 is 0 Å². The van der Waals surface area contributed by atoms with Crippen molar-refractivity contribution in [3.63, 3.8) is 0 Å². The van der Waals surface area contributed by atoms with Gasteiger partial charge in [0.15, 0.2) is 0 Å². The lowest BCUT2D eigenvalue weighted by Gasteiger charge is -2.36. The first-order valence-corrected chi connectivity index (χ1v) is 10.5. The molecule has 0 saturated carbocycles. The van der Waals surface area contributed by atoms with E-state index in [0.29, 0.717) is 29.8 Å². The van der Waals surface area contributed by atoms with E-state index in [1.165, 1.54) is 11.8 Å². The lowest BCUT2D eigenvalue weighted by molar-refractivity contribution is -0.128. The number of rotatable bonds is 5. The van der Waals surface area contributed by atoms with Crippen LogP contribution in [0.1, 0.15) is 11.4 Å². The summed E-state index contributed by atoms with van der Waals surface area (Å²) in [6.07, 6.45) is 0. The Morgan fingerprint density at radius 1 is 1.14 bits per heavy atom. The van der Waals surface area contributed by atoms with Crippen molar-refractivity contribution in [2.75, 3.05) is 43.9 Å². The molecule has 0 atom stereocenters. The minimum absolute atomic E-state index is 0.106. The highest BCUT2D eigenvalue weighted by Gasteiger charge is 2.23. The average Bonchev–Trinajstić information content (AvgIpc) is 3.15. The number of thioether (sulfide) groups is 1. The topological polar surface area (TPSA) is 75.9 Å². The number of para-hydroxylation sites is 2. The Morgan fingerprint density at radius 3 is 2.66 bits per heavy atom. The number of ether oxygens (including phenoxy) is 1. The molecule has 2 aromatic heterocycles. The zero-order valence-electron chi connectivity index (χ0n) is 16.8. The maximum absolute atomic E-state index is 12.7. The van der Waals surface area contributed by atoms with Gasteiger partial charge in [-0.2, -0.15) is 4.98 Å². The van der Waals surface area contributed by atoms with Crippen LogP contribution in [0.15, 0.2) is 35.5 Å². The number of aryl methyl sites for hydroxylation is 2. The summed E-state index contributed by atoms with van der Waals surface area (Å²) in [5.41, 5.74) is 2.96. The number of methoxy groups -OCH3 is 1. The number of amides is 1. The van der Waals surface area contributed by atoms with E-state index in [9.17, 15) is 4.79 Å². The molecular formula is C20H24N6O2S. The van der Waals surface area contributed by atoms with Gasteiger partial charge in [0.05, 0.1) is 18.6 Å². The lowest BCUT2D eigenvalue weighted by Crippen LogP contribution is -2.49. The summed E-state index contributed by atoms with van der Waals surface area (Å²) in [6.45, 7) is 6.85. The number of hydrogen-bond acceptors (Lipinski definition) is 7. The van der Waals surface area contributed by atoms with Crippen molar-refractivity contribution in [3.8, 4) is 5.75 Å². The molecule has 1 fully saturated rings. The second-order valence-electron chi connectivity index (χ2n) is 6.97. The number of anilines is 1. The zero-order valence-corrected chi connectivity index (χ0v) is 17.6. The minimum atomic E-state index is 0.106. The zero-order chi connectivity index (χ0) is 20.4. The lowest BCUT2D eigenvalue weighted by atomic mass is 10.2. The van der Waals surface area contributed by atoms with Gasteiger partial charge in [-0.25, -0.2) is 9.50 Å². The molecule has 1 saturated heterocycles. The minimum Gasteiger partial charge on any atom is -0.495 e. The summed E-state index contributed by atoms with van der Waals surface area (Å²) in [4.78, 5) is 25.6. The van der Waals surface area contributed by atoms with Crippen LogP contribution in [0.5, 0.6) is 5.75 Å². The predicted octanol–water partition coefficient (Wildman–Crippen LogP) is 2.19. The van der Waals surface area contributed by atoms with E-state index in [-0.39, 0.29) is 5.91 Å². The molecular weight excluding hydrogens is 388 g/mol. The summed E-state index contributed by atoms with van der Waals surface area (Å²) in [7, 11) is 1.68. The first-order chi connectivity index (χ1) is 14.0. The van der Waals surface area contributed by atoms with Crippen molar-refractivity contribution in [3.05, 3.63) is 41.7 Å². The Balaban J connectivity index is 1.34. The molecule has 29 heavy (non-hydrogen) atoms.